The Labute approximate surface area is 114 Å². The van der Waals surface area contributed by atoms with E-state index >= 15 is 0 Å². The number of hydrogen-bond donors (Lipinski definition) is 2. The van der Waals surface area contributed by atoms with E-state index in [0.717, 1.165) is 0 Å². The predicted octanol–water partition coefficient (Wildman–Crippen LogP) is 1.55. The summed E-state index contributed by atoms with van der Waals surface area (Å²) in [5.41, 5.74) is 5.51. The number of esters is 1. The molecular weight excluding hydrogens is 300 g/mol. The molecule has 0 aliphatic carbocycles. The molecule has 0 amide bonds. The van der Waals surface area contributed by atoms with E-state index in [9.17, 15) is 9.90 Å². The topological polar surface area (TPSA) is 85.4 Å². The van der Waals surface area contributed by atoms with Gasteiger partial charge in [0.1, 0.15) is 22.4 Å². The summed E-state index contributed by atoms with van der Waals surface area (Å²) in [6.45, 7) is 5.22. The summed E-state index contributed by atoms with van der Waals surface area (Å²) in [6.07, 6.45) is 0.319. The fourth-order valence-electron chi connectivity index (χ4n) is 1.27. The lowest BCUT2D eigenvalue weighted by atomic mass is 10.0. The number of nitrogens with zero attached hydrogens (tertiary/aromatic N) is 1. The maximum absolute atomic E-state index is 11.7. The van der Waals surface area contributed by atoms with Gasteiger partial charge in [-0.3, -0.25) is 4.79 Å². The second-order valence-corrected chi connectivity index (χ2v) is 5.73. The van der Waals surface area contributed by atoms with Crippen LogP contribution in [0.3, 0.4) is 0 Å². The van der Waals surface area contributed by atoms with Crippen molar-refractivity contribution in [3.05, 3.63) is 28.5 Å². The first-order valence-corrected chi connectivity index (χ1v) is 6.28. The lowest BCUT2D eigenvalue weighted by molar-refractivity contribution is -0.159. The summed E-state index contributed by atoms with van der Waals surface area (Å²) in [5.74, 6) is -0.641. The average molecular weight is 317 g/mol. The van der Waals surface area contributed by atoms with Crippen LogP contribution in [0.2, 0.25) is 0 Å². The summed E-state index contributed by atoms with van der Waals surface area (Å²) in [5, 5.41) is 9.97. The van der Waals surface area contributed by atoms with Crippen LogP contribution in [0, 0.1) is 0 Å². The van der Waals surface area contributed by atoms with Crippen LogP contribution in [0.5, 0.6) is 0 Å². The SMILES string of the molecule is CC(C)(C)OC(=O)[C@H](N)[C@@H](O)c1ccc(Br)nc1. The Morgan fingerprint density at radius 2 is 2.11 bits per heavy atom. The molecule has 100 valence electrons. The van der Waals surface area contributed by atoms with E-state index in [0.29, 0.717) is 10.2 Å². The van der Waals surface area contributed by atoms with Crippen LogP contribution in [-0.4, -0.2) is 27.7 Å². The molecule has 1 aromatic heterocycles. The monoisotopic (exact) mass is 316 g/mol. The summed E-state index contributed by atoms with van der Waals surface area (Å²) in [7, 11) is 0. The van der Waals surface area contributed by atoms with E-state index < -0.39 is 23.7 Å². The molecule has 18 heavy (non-hydrogen) atoms. The van der Waals surface area contributed by atoms with Crippen molar-refractivity contribution in [3.63, 3.8) is 0 Å². The summed E-state index contributed by atoms with van der Waals surface area (Å²) < 4.78 is 5.76. The average Bonchev–Trinajstić information content (AvgIpc) is 2.26. The number of carbonyl (C=O) groups is 1. The van der Waals surface area contributed by atoms with Crippen molar-refractivity contribution in [2.45, 2.75) is 38.5 Å². The van der Waals surface area contributed by atoms with Crippen LogP contribution in [0.4, 0.5) is 0 Å². The minimum absolute atomic E-state index is 0.469. The van der Waals surface area contributed by atoms with Gasteiger partial charge in [0.15, 0.2) is 0 Å². The first-order valence-electron chi connectivity index (χ1n) is 5.48. The Bertz CT molecular complexity index is 414. The molecule has 0 saturated carbocycles. The van der Waals surface area contributed by atoms with Crippen LogP contribution in [0.15, 0.2) is 22.9 Å². The summed E-state index contributed by atoms with van der Waals surface area (Å²) in [6, 6.07) is 2.18. The van der Waals surface area contributed by atoms with Crippen LogP contribution >= 0.6 is 15.9 Å². The largest absolute Gasteiger partial charge is 0.459 e. The molecule has 1 heterocycles. The number of aliphatic hydroxyl groups is 1. The standard InChI is InChI=1S/C12H17BrN2O3/c1-12(2,3)18-11(17)9(14)10(16)7-4-5-8(13)15-6-7/h4-6,9-10,16H,14H2,1-3H3/t9-,10+/m1/s1. The highest BCUT2D eigenvalue weighted by atomic mass is 79.9. The van der Waals surface area contributed by atoms with E-state index in [1.54, 1.807) is 32.9 Å². The van der Waals surface area contributed by atoms with E-state index in [2.05, 4.69) is 20.9 Å². The van der Waals surface area contributed by atoms with Crippen molar-refractivity contribution in [3.8, 4) is 0 Å². The molecule has 0 bridgehead atoms. The Kier molecular flexibility index (Phi) is 4.84. The van der Waals surface area contributed by atoms with Gasteiger partial charge in [-0.25, -0.2) is 4.98 Å². The summed E-state index contributed by atoms with van der Waals surface area (Å²) in [4.78, 5) is 15.7. The fraction of sp³-hybridized carbons (Fsp3) is 0.500. The third-order valence-electron chi connectivity index (χ3n) is 2.11. The van der Waals surface area contributed by atoms with Crippen molar-refractivity contribution in [1.82, 2.24) is 4.98 Å². The maximum atomic E-state index is 11.7. The molecule has 0 radical (unpaired) electrons. The van der Waals surface area contributed by atoms with Crippen molar-refractivity contribution in [2.24, 2.45) is 5.73 Å². The first kappa shape index (κ1) is 15.1. The Balaban J connectivity index is 2.74. The molecule has 3 N–H and O–H groups in total. The third-order valence-corrected chi connectivity index (χ3v) is 2.58. The van der Waals surface area contributed by atoms with Gasteiger partial charge in [-0.2, -0.15) is 0 Å². The van der Waals surface area contributed by atoms with E-state index in [4.69, 9.17) is 10.5 Å². The smallest absolute Gasteiger partial charge is 0.326 e. The Morgan fingerprint density at radius 3 is 2.56 bits per heavy atom. The van der Waals surface area contributed by atoms with Crippen LogP contribution < -0.4 is 5.73 Å². The highest BCUT2D eigenvalue weighted by Crippen LogP contribution is 2.19. The molecule has 0 aromatic carbocycles. The van der Waals surface area contributed by atoms with Gasteiger partial charge in [0, 0.05) is 11.8 Å². The van der Waals surface area contributed by atoms with Crippen molar-refractivity contribution < 1.29 is 14.6 Å². The third kappa shape index (κ3) is 4.36. The molecule has 0 unspecified atom stereocenters. The summed E-state index contributed by atoms with van der Waals surface area (Å²) >= 11 is 3.18. The van der Waals surface area contributed by atoms with E-state index in [1.807, 2.05) is 0 Å². The molecule has 1 rings (SSSR count). The first-order chi connectivity index (χ1) is 8.20. The molecule has 0 saturated heterocycles. The van der Waals surface area contributed by atoms with Gasteiger partial charge in [0.2, 0.25) is 0 Å². The van der Waals surface area contributed by atoms with Crippen molar-refractivity contribution in [1.29, 1.82) is 0 Å². The van der Waals surface area contributed by atoms with Gasteiger partial charge in [-0.15, -0.1) is 0 Å². The number of carbonyl (C=O) groups excluding carboxylic acids is 1. The molecule has 5 nitrogen and oxygen atoms in total. The van der Waals surface area contributed by atoms with E-state index in [1.165, 1.54) is 6.20 Å². The zero-order valence-corrected chi connectivity index (χ0v) is 12.1. The highest BCUT2D eigenvalue weighted by molar-refractivity contribution is 9.10. The quantitative estimate of drug-likeness (QED) is 0.652. The molecule has 2 atom stereocenters. The van der Waals surface area contributed by atoms with Gasteiger partial charge in [0.25, 0.3) is 0 Å². The van der Waals surface area contributed by atoms with Gasteiger partial charge < -0.3 is 15.6 Å². The van der Waals surface area contributed by atoms with Gasteiger partial charge >= 0.3 is 5.97 Å². The lowest BCUT2D eigenvalue weighted by Crippen LogP contribution is -2.41. The maximum Gasteiger partial charge on any atom is 0.326 e. The van der Waals surface area contributed by atoms with Gasteiger partial charge in [-0.1, -0.05) is 6.07 Å². The van der Waals surface area contributed by atoms with Crippen LogP contribution in [0.25, 0.3) is 0 Å². The second-order valence-electron chi connectivity index (χ2n) is 4.92. The zero-order chi connectivity index (χ0) is 13.9. The Morgan fingerprint density at radius 1 is 1.50 bits per heavy atom. The number of nitrogens with two attached hydrogens (primary N) is 1. The van der Waals surface area contributed by atoms with Gasteiger partial charge in [0.05, 0.1) is 0 Å². The highest BCUT2D eigenvalue weighted by Gasteiger charge is 2.29. The van der Waals surface area contributed by atoms with Crippen LogP contribution in [0.1, 0.15) is 32.4 Å². The second kappa shape index (κ2) is 5.77. The molecule has 0 aliphatic rings. The minimum atomic E-state index is -1.14. The number of rotatable bonds is 3. The number of hydrogen-bond acceptors (Lipinski definition) is 5. The molecule has 1 aromatic rings. The van der Waals surface area contributed by atoms with E-state index in [-0.39, 0.29) is 0 Å². The van der Waals surface area contributed by atoms with Crippen molar-refractivity contribution >= 4 is 21.9 Å². The number of halogens is 1. The van der Waals surface area contributed by atoms with Crippen molar-refractivity contribution in [2.75, 3.05) is 0 Å². The Hall–Kier alpha value is -0.980. The zero-order valence-electron chi connectivity index (χ0n) is 10.6. The fourth-order valence-corrected chi connectivity index (χ4v) is 1.50. The number of aromatic nitrogens is 1. The molecular formula is C12H17BrN2O3. The number of ether oxygens (including phenoxy) is 1. The lowest BCUT2D eigenvalue weighted by Gasteiger charge is -2.24. The van der Waals surface area contributed by atoms with Gasteiger partial charge in [-0.05, 0) is 42.8 Å². The minimum Gasteiger partial charge on any atom is -0.459 e. The number of pyridine rings is 1. The van der Waals surface area contributed by atoms with Crippen LogP contribution in [-0.2, 0) is 9.53 Å². The normalized spacial score (nSPS) is 15.0. The molecule has 6 heteroatoms. The molecule has 0 fully saturated rings. The molecule has 0 aliphatic heterocycles. The molecule has 0 spiro atoms. The number of aliphatic hydroxyl groups excluding tert-OH is 1. The predicted molar refractivity (Wildman–Crippen MR) is 70.7 cm³/mol.